The van der Waals surface area contributed by atoms with E-state index in [-0.39, 0.29) is 0 Å². The molecule has 1 aromatic heterocycles. The van der Waals surface area contributed by atoms with E-state index in [0.717, 1.165) is 56.6 Å². The van der Waals surface area contributed by atoms with Crippen LogP contribution in [0.25, 0.3) is 0 Å². The molecule has 1 rings (SSSR count). The lowest BCUT2D eigenvalue weighted by Crippen LogP contribution is -2.11. The van der Waals surface area contributed by atoms with E-state index in [2.05, 4.69) is 41.4 Å². The van der Waals surface area contributed by atoms with Gasteiger partial charge in [-0.15, -0.1) is 0 Å². The molecular weight excluding hydrogens is 252 g/mol. The Hall–Kier alpha value is -1.36. The summed E-state index contributed by atoms with van der Waals surface area (Å²) in [7, 11) is 0. The molecule has 2 N–H and O–H groups in total. The van der Waals surface area contributed by atoms with Crippen LogP contribution in [0, 0.1) is 12.8 Å². The predicted octanol–water partition coefficient (Wildman–Crippen LogP) is 3.08. The van der Waals surface area contributed by atoms with Crippen molar-refractivity contribution < 1.29 is 4.74 Å². The summed E-state index contributed by atoms with van der Waals surface area (Å²) in [5.74, 6) is 3.14. The number of aromatic nitrogens is 2. The molecule has 0 bridgehead atoms. The Kier molecular flexibility index (Phi) is 7.95. The molecule has 1 heterocycles. The fourth-order valence-corrected chi connectivity index (χ4v) is 1.71. The first kappa shape index (κ1) is 16.7. The fourth-order valence-electron chi connectivity index (χ4n) is 1.71. The Bertz CT molecular complexity index is 382. The lowest BCUT2D eigenvalue weighted by molar-refractivity contribution is 0.110. The molecule has 0 spiro atoms. The number of hydrogen-bond donors (Lipinski definition) is 2. The molecule has 20 heavy (non-hydrogen) atoms. The summed E-state index contributed by atoms with van der Waals surface area (Å²) < 4.78 is 5.55. The highest BCUT2D eigenvalue weighted by Gasteiger charge is 2.01. The lowest BCUT2D eigenvalue weighted by Gasteiger charge is -2.10. The van der Waals surface area contributed by atoms with Crippen molar-refractivity contribution in [1.29, 1.82) is 0 Å². The maximum absolute atomic E-state index is 5.55. The fraction of sp³-hybridized carbons (Fsp3) is 0.733. The van der Waals surface area contributed by atoms with E-state index < -0.39 is 0 Å². The molecule has 0 unspecified atom stereocenters. The van der Waals surface area contributed by atoms with Crippen LogP contribution in [-0.4, -0.2) is 36.3 Å². The molecule has 1 aromatic rings. The molecule has 0 fully saturated rings. The number of ether oxygens (including phenoxy) is 1. The molecule has 114 valence electrons. The summed E-state index contributed by atoms with van der Waals surface area (Å²) in [6.07, 6.45) is 2.06. The molecule has 0 aliphatic heterocycles. The Balaban J connectivity index is 2.30. The second-order valence-electron chi connectivity index (χ2n) is 5.36. The van der Waals surface area contributed by atoms with Gasteiger partial charge in [-0.2, -0.15) is 0 Å². The van der Waals surface area contributed by atoms with Crippen LogP contribution in [0.5, 0.6) is 0 Å². The van der Waals surface area contributed by atoms with E-state index in [1.54, 1.807) is 0 Å². The van der Waals surface area contributed by atoms with E-state index in [4.69, 9.17) is 4.74 Å². The zero-order valence-corrected chi connectivity index (χ0v) is 13.2. The molecular formula is C15H28N4O. The number of rotatable bonds is 10. The smallest absolute Gasteiger partial charge is 0.131 e. The first-order valence-corrected chi connectivity index (χ1v) is 7.53. The van der Waals surface area contributed by atoms with Gasteiger partial charge < -0.3 is 15.4 Å². The van der Waals surface area contributed by atoms with Gasteiger partial charge in [0.1, 0.15) is 17.5 Å². The summed E-state index contributed by atoms with van der Waals surface area (Å²) in [5, 5.41) is 6.60. The van der Waals surface area contributed by atoms with Crippen LogP contribution < -0.4 is 10.6 Å². The highest BCUT2D eigenvalue weighted by molar-refractivity contribution is 5.47. The van der Waals surface area contributed by atoms with Crippen LogP contribution in [-0.2, 0) is 4.74 Å². The second-order valence-corrected chi connectivity index (χ2v) is 5.36. The van der Waals surface area contributed by atoms with Gasteiger partial charge in [-0.05, 0) is 25.7 Å². The van der Waals surface area contributed by atoms with E-state index in [9.17, 15) is 0 Å². The van der Waals surface area contributed by atoms with E-state index in [0.29, 0.717) is 5.92 Å². The summed E-state index contributed by atoms with van der Waals surface area (Å²) in [5.41, 5.74) is 0. The average molecular weight is 280 g/mol. The maximum Gasteiger partial charge on any atom is 0.131 e. The molecule has 0 radical (unpaired) electrons. The van der Waals surface area contributed by atoms with Gasteiger partial charge in [-0.3, -0.25) is 0 Å². The minimum atomic E-state index is 0.597. The number of nitrogens with zero attached hydrogens (tertiary/aromatic N) is 2. The molecule has 0 amide bonds. The van der Waals surface area contributed by atoms with Crippen LogP contribution in [0.15, 0.2) is 6.07 Å². The highest BCUT2D eigenvalue weighted by atomic mass is 16.5. The molecule has 0 saturated heterocycles. The van der Waals surface area contributed by atoms with E-state index >= 15 is 0 Å². The average Bonchev–Trinajstić information content (AvgIpc) is 2.39. The Labute approximate surface area is 122 Å². The SMILES string of the molecule is CCCNc1cc(NCCCOCC(C)C)nc(C)n1. The molecule has 0 atom stereocenters. The van der Waals surface area contributed by atoms with Crippen molar-refractivity contribution in [2.75, 3.05) is 36.9 Å². The van der Waals surface area contributed by atoms with Crippen LogP contribution >= 0.6 is 0 Å². The summed E-state index contributed by atoms with van der Waals surface area (Å²) in [4.78, 5) is 8.75. The molecule has 5 nitrogen and oxygen atoms in total. The van der Waals surface area contributed by atoms with Crippen molar-refractivity contribution in [3.05, 3.63) is 11.9 Å². The quantitative estimate of drug-likeness (QED) is 0.645. The van der Waals surface area contributed by atoms with Gasteiger partial charge in [-0.25, -0.2) is 9.97 Å². The van der Waals surface area contributed by atoms with Crippen LogP contribution in [0.3, 0.4) is 0 Å². The third-order valence-electron chi connectivity index (χ3n) is 2.62. The van der Waals surface area contributed by atoms with E-state index in [1.807, 2.05) is 13.0 Å². The number of aryl methyl sites for hydroxylation is 1. The van der Waals surface area contributed by atoms with Crippen LogP contribution in [0.1, 0.15) is 39.4 Å². The van der Waals surface area contributed by atoms with Gasteiger partial charge in [0.25, 0.3) is 0 Å². The molecule has 0 aliphatic carbocycles. The van der Waals surface area contributed by atoms with Gasteiger partial charge in [-0.1, -0.05) is 20.8 Å². The van der Waals surface area contributed by atoms with Crippen molar-refractivity contribution in [2.45, 2.75) is 40.5 Å². The van der Waals surface area contributed by atoms with Crippen molar-refractivity contribution >= 4 is 11.6 Å². The third kappa shape index (κ3) is 7.28. The van der Waals surface area contributed by atoms with Crippen molar-refractivity contribution in [1.82, 2.24) is 9.97 Å². The standard InChI is InChI=1S/C15H28N4O/c1-5-7-16-14-10-15(19-13(4)18-14)17-8-6-9-20-11-12(2)3/h10,12H,5-9,11H2,1-4H3,(H2,16,17,18,19). The van der Waals surface area contributed by atoms with Crippen molar-refractivity contribution in [3.8, 4) is 0 Å². The van der Waals surface area contributed by atoms with Gasteiger partial charge in [0.2, 0.25) is 0 Å². The molecule has 0 saturated carbocycles. The minimum Gasteiger partial charge on any atom is -0.381 e. The Morgan fingerprint density at radius 2 is 1.80 bits per heavy atom. The zero-order chi connectivity index (χ0) is 14.8. The monoisotopic (exact) mass is 280 g/mol. The van der Waals surface area contributed by atoms with Gasteiger partial charge in [0.05, 0.1) is 0 Å². The first-order chi connectivity index (χ1) is 9.61. The highest BCUT2D eigenvalue weighted by Crippen LogP contribution is 2.11. The summed E-state index contributed by atoms with van der Waals surface area (Å²) in [6.45, 7) is 11.8. The molecule has 0 aliphatic rings. The third-order valence-corrected chi connectivity index (χ3v) is 2.62. The minimum absolute atomic E-state index is 0.597. The summed E-state index contributed by atoms with van der Waals surface area (Å²) >= 11 is 0. The van der Waals surface area contributed by atoms with E-state index in [1.165, 1.54) is 0 Å². The number of anilines is 2. The summed E-state index contributed by atoms with van der Waals surface area (Å²) in [6, 6.07) is 1.96. The Morgan fingerprint density at radius 1 is 1.15 bits per heavy atom. The van der Waals surface area contributed by atoms with Crippen LogP contribution in [0.4, 0.5) is 11.6 Å². The zero-order valence-electron chi connectivity index (χ0n) is 13.2. The van der Waals surface area contributed by atoms with Gasteiger partial charge >= 0.3 is 0 Å². The number of hydrogen-bond acceptors (Lipinski definition) is 5. The van der Waals surface area contributed by atoms with Crippen molar-refractivity contribution in [2.24, 2.45) is 5.92 Å². The molecule has 5 heteroatoms. The number of nitrogens with one attached hydrogen (secondary N) is 2. The molecule has 0 aromatic carbocycles. The van der Waals surface area contributed by atoms with Crippen LogP contribution in [0.2, 0.25) is 0 Å². The largest absolute Gasteiger partial charge is 0.381 e. The van der Waals surface area contributed by atoms with Gasteiger partial charge in [0, 0.05) is 32.4 Å². The maximum atomic E-state index is 5.55. The van der Waals surface area contributed by atoms with Crippen molar-refractivity contribution in [3.63, 3.8) is 0 Å². The Morgan fingerprint density at radius 3 is 2.40 bits per heavy atom. The van der Waals surface area contributed by atoms with Gasteiger partial charge in [0.15, 0.2) is 0 Å². The first-order valence-electron chi connectivity index (χ1n) is 7.53. The topological polar surface area (TPSA) is 59.1 Å². The second kappa shape index (κ2) is 9.53. The predicted molar refractivity (Wildman–Crippen MR) is 84.3 cm³/mol. The normalized spacial score (nSPS) is 10.8. The lowest BCUT2D eigenvalue weighted by atomic mass is 10.2.